The summed E-state index contributed by atoms with van der Waals surface area (Å²) in [6.07, 6.45) is 3.06. The second-order valence-corrected chi connectivity index (χ2v) is 9.26. The molecule has 3 aromatic rings. The van der Waals surface area contributed by atoms with Crippen LogP contribution in [0.5, 0.6) is 5.75 Å². The van der Waals surface area contributed by atoms with E-state index in [1.807, 2.05) is 54.6 Å². The molecular weight excluding hydrogens is 442 g/mol. The van der Waals surface area contributed by atoms with Crippen LogP contribution in [0.25, 0.3) is 6.08 Å². The molecule has 0 amide bonds. The first-order valence-electron chi connectivity index (χ1n) is 10.0. The highest BCUT2D eigenvalue weighted by Gasteiger charge is 2.22. The molecule has 8 heteroatoms. The summed E-state index contributed by atoms with van der Waals surface area (Å²) >= 11 is 0. The van der Waals surface area contributed by atoms with Crippen molar-refractivity contribution in [3.8, 4) is 5.75 Å². The second-order valence-electron chi connectivity index (χ2n) is 7.22. The molecule has 0 bridgehead atoms. The average Bonchev–Trinajstić information content (AvgIpc) is 2.82. The zero-order valence-corrected chi connectivity index (χ0v) is 18.7. The van der Waals surface area contributed by atoms with Gasteiger partial charge in [0.15, 0.2) is 5.78 Å². The van der Waals surface area contributed by atoms with Crippen molar-refractivity contribution in [3.05, 3.63) is 102 Å². The Morgan fingerprint density at radius 3 is 2.18 bits per heavy atom. The van der Waals surface area contributed by atoms with Crippen molar-refractivity contribution in [1.82, 2.24) is 4.31 Å². The third-order valence-corrected chi connectivity index (χ3v) is 6.58. The zero-order chi connectivity index (χ0) is 23.8. The molecule has 7 nitrogen and oxygen atoms in total. The van der Waals surface area contributed by atoms with Crippen LogP contribution >= 0.6 is 0 Å². The highest BCUT2D eigenvalue weighted by atomic mass is 32.2. The Balaban J connectivity index is 1.60. The number of sulfonamides is 1. The van der Waals surface area contributed by atoms with Gasteiger partial charge in [0, 0.05) is 12.6 Å². The van der Waals surface area contributed by atoms with Gasteiger partial charge in [0.1, 0.15) is 18.9 Å². The number of aliphatic carboxylic acids is 1. The number of ketones is 1. The Hall–Kier alpha value is -3.75. The Morgan fingerprint density at radius 2 is 1.58 bits per heavy atom. The molecule has 0 unspecified atom stereocenters. The maximum Gasteiger partial charge on any atom is 0.318 e. The molecule has 0 heterocycles. The van der Waals surface area contributed by atoms with Crippen LogP contribution in [0.4, 0.5) is 0 Å². The van der Waals surface area contributed by atoms with Crippen molar-refractivity contribution >= 4 is 27.9 Å². The number of rotatable bonds is 10. The molecule has 3 aromatic carbocycles. The summed E-state index contributed by atoms with van der Waals surface area (Å²) < 4.78 is 31.2. The normalized spacial score (nSPS) is 11.6. The summed E-state index contributed by atoms with van der Waals surface area (Å²) in [4.78, 5) is 23.1. The molecule has 170 valence electrons. The van der Waals surface area contributed by atoms with Crippen molar-refractivity contribution in [2.45, 2.75) is 11.5 Å². The zero-order valence-electron chi connectivity index (χ0n) is 17.9. The first kappa shape index (κ1) is 23.9. The smallest absolute Gasteiger partial charge is 0.318 e. The maximum absolute atomic E-state index is 12.4. The van der Waals surface area contributed by atoms with Crippen LogP contribution in [0.1, 0.15) is 21.5 Å². The fraction of sp³-hybridized carbons (Fsp3) is 0.120. The Kier molecular flexibility index (Phi) is 7.76. The third-order valence-electron chi connectivity index (χ3n) is 4.76. The maximum atomic E-state index is 12.4. The number of likely N-dealkylation sites (N-methyl/N-ethyl adjacent to an activating group) is 1. The number of benzene rings is 3. The number of carbonyl (C=O) groups is 2. The van der Waals surface area contributed by atoms with Crippen molar-refractivity contribution in [1.29, 1.82) is 0 Å². The first-order chi connectivity index (χ1) is 15.8. The number of allylic oxidation sites excluding steroid dienone is 1. The lowest BCUT2D eigenvalue weighted by molar-refractivity contribution is -0.137. The van der Waals surface area contributed by atoms with Crippen LogP contribution in [0.15, 0.2) is 89.8 Å². The third kappa shape index (κ3) is 6.61. The van der Waals surface area contributed by atoms with E-state index in [-0.39, 0.29) is 10.7 Å². The first-order valence-corrected chi connectivity index (χ1v) is 11.5. The van der Waals surface area contributed by atoms with E-state index in [2.05, 4.69) is 0 Å². The average molecular weight is 466 g/mol. The van der Waals surface area contributed by atoms with Crippen LogP contribution < -0.4 is 4.74 Å². The monoisotopic (exact) mass is 465 g/mol. The van der Waals surface area contributed by atoms with Gasteiger partial charge in [-0.2, -0.15) is 4.31 Å². The van der Waals surface area contributed by atoms with Gasteiger partial charge in [0.25, 0.3) is 0 Å². The van der Waals surface area contributed by atoms with Crippen LogP contribution in [0.2, 0.25) is 0 Å². The van der Waals surface area contributed by atoms with E-state index in [4.69, 9.17) is 9.84 Å². The van der Waals surface area contributed by atoms with Crippen molar-refractivity contribution in [2.75, 3.05) is 13.6 Å². The highest BCUT2D eigenvalue weighted by Crippen LogP contribution is 2.17. The van der Waals surface area contributed by atoms with E-state index in [1.54, 1.807) is 6.08 Å². The molecule has 0 aromatic heterocycles. The lowest BCUT2D eigenvalue weighted by Gasteiger charge is -2.14. The Bertz CT molecular complexity index is 1230. The summed E-state index contributed by atoms with van der Waals surface area (Å²) in [7, 11) is -2.76. The fourth-order valence-corrected chi connectivity index (χ4v) is 4.05. The molecule has 0 atom stereocenters. The summed E-state index contributed by atoms with van der Waals surface area (Å²) in [6, 6.07) is 22.5. The second kappa shape index (κ2) is 10.7. The number of ether oxygens (including phenoxy) is 1. The number of nitrogens with zero attached hydrogens (tertiary/aromatic N) is 1. The minimum absolute atomic E-state index is 0.0853. The van der Waals surface area contributed by atoms with E-state index in [0.717, 1.165) is 15.4 Å². The van der Waals surface area contributed by atoms with Gasteiger partial charge in [-0.3, -0.25) is 9.59 Å². The molecular formula is C25H23NO6S. The topological polar surface area (TPSA) is 101 Å². The van der Waals surface area contributed by atoms with Crippen LogP contribution in [-0.4, -0.2) is 43.2 Å². The van der Waals surface area contributed by atoms with Crippen molar-refractivity contribution < 1.29 is 27.9 Å². The largest absolute Gasteiger partial charge is 0.489 e. The van der Waals surface area contributed by atoms with Gasteiger partial charge < -0.3 is 9.84 Å². The lowest BCUT2D eigenvalue weighted by Crippen LogP contribution is -2.32. The van der Waals surface area contributed by atoms with Gasteiger partial charge >= 0.3 is 5.97 Å². The molecule has 0 fully saturated rings. The van der Waals surface area contributed by atoms with Crippen LogP contribution in [0.3, 0.4) is 0 Å². The molecule has 1 N–H and O–H groups in total. The lowest BCUT2D eigenvalue weighted by atomic mass is 10.1. The molecule has 0 radical (unpaired) electrons. The summed E-state index contributed by atoms with van der Waals surface area (Å²) in [5.74, 6) is -0.831. The summed E-state index contributed by atoms with van der Waals surface area (Å²) in [5.41, 5.74) is 2.19. The minimum Gasteiger partial charge on any atom is -0.489 e. The van der Waals surface area contributed by atoms with Gasteiger partial charge in [-0.15, -0.1) is 0 Å². The molecule has 0 saturated heterocycles. The van der Waals surface area contributed by atoms with Crippen molar-refractivity contribution in [2.24, 2.45) is 0 Å². The molecule has 0 aliphatic heterocycles. The summed E-state index contributed by atoms with van der Waals surface area (Å²) in [6.45, 7) is -0.186. The van der Waals surface area contributed by atoms with Gasteiger partial charge in [0.2, 0.25) is 10.0 Å². The van der Waals surface area contributed by atoms with Gasteiger partial charge in [0.05, 0.1) is 4.90 Å². The van der Waals surface area contributed by atoms with Gasteiger partial charge in [-0.05, 0) is 53.6 Å². The Morgan fingerprint density at radius 1 is 0.939 bits per heavy atom. The molecule has 0 aliphatic carbocycles. The van der Waals surface area contributed by atoms with E-state index in [1.165, 1.54) is 37.4 Å². The molecule has 0 saturated carbocycles. The van der Waals surface area contributed by atoms with E-state index in [9.17, 15) is 18.0 Å². The predicted octanol–water partition coefficient (Wildman–Crippen LogP) is 3.87. The van der Waals surface area contributed by atoms with Crippen molar-refractivity contribution in [3.63, 3.8) is 0 Å². The van der Waals surface area contributed by atoms with E-state index >= 15 is 0 Å². The van der Waals surface area contributed by atoms with Crippen LogP contribution in [-0.2, 0) is 21.4 Å². The van der Waals surface area contributed by atoms with Crippen LogP contribution in [0, 0.1) is 0 Å². The van der Waals surface area contributed by atoms with Gasteiger partial charge in [-0.1, -0.05) is 48.5 Å². The number of carboxylic acids is 1. The fourth-order valence-electron chi connectivity index (χ4n) is 2.93. The number of hydrogen-bond acceptors (Lipinski definition) is 5. The molecule has 33 heavy (non-hydrogen) atoms. The number of hydrogen-bond donors (Lipinski definition) is 1. The molecule has 0 aliphatic rings. The summed E-state index contributed by atoms with van der Waals surface area (Å²) in [5, 5.41) is 8.79. The Labute approximate surface area is 192 Å². The number of carbonyl (C=O) groups excluding carboxylic acids is 1. The van der Waals surface area contributed by atoms with E-state index < -0.39 is 22.5 Å². The standard InChI is InChI=1S/C25H23NO6S/c1-26(17-25(28)29)33(30,31)23-14-10-21(11-15-23)24(27)16-9-19-7-12-22(13-8-19)32-18-20-5-3-2-4-6-20/h2-16H,17-18H2,1H3,(H,28,29)/b16-9+. The highest BCUT2D eigenvalue weighted by molar-refractivity contribution is 7.89. The quantitative estimate of drug-likeness (QED) is 0.360. The molecule has 0 spiro atoms. The van der Waals surface area contributed by atoms with Gasteiger partial charge in [-0.25, -0.2) is 8.42 Å². The predicted molar refractivity (Wildman–Crippen MR) is 124 cm³/mol. The number of carboxylic acid groups (broad SMARTS) is 1. The molecule has 3 rings (SSSR count). The van der Waals surface area contributed by atoms with E-state index in [0.29, 0.717) is 17.9 Å². The SMILES string of the molecule is CN(CC(=O)O)S(=O)(=O)c1ccc(C(=O)/C=C/c2ccc(OCc3ccccc3)cc2)cc1. The minimum atomic E-state index is -3.95.